The molecular weight excluding hydrogens is 308 g/mol. The summed E-state index contributed by atoms with van der Waals surface area (Å²) in [4.78, 5) is 17.2. The third-order valence-electron chi connectivity index (χ3n) is 4.99. The van der Waals surface area contributed by atoms with Crippen LogP contribution in [0.25, 0.3) is 0 Å². The zero-order valence-electron chi connectivity index (χ0n) is 13.5. The second-order valence-corrected chi connectivity index (χ2v) is 7.76. The van der Waals surface area contributed by atoms with Gasteiger partial charge in [-0.2, -0.15) is 0 Å². The number of hydrogen-bond donors (Lipinski definition) is 0. The number of hydrogen-bond acceptors (Lipinski definition) is 5. The highest BCUT2D eigenvalue weighted by atomic mass is 32.1. The maximum atomic E-state index is 13.0. The van der Waals surface area contributed by atoms with E-state index in [0.717, 1.165) is 48.2 Å². The van der Waals surface area contributed by atoms with Gasteiger partial charge in [0.05, 0.1) is 12.0 Å². The molecule has 5 nitrogen and oxygen atoms in total. The van der Waals surface area contributed by atoms with E-state index in [1.54, 1.807) is 11.3 Å². The molecule has 0 unspecified atom stereocenters. The van der Waals surface area contributed by atoms with Crippen LogP contribution in [0.3, 0.4) is 0 Å². The van der Waals surface area contributed by atoms with Gasteiger partial charge in [-0.15, -0.1) is 21.5 Å². The molecule has 23 heavy (non-hydrogen) atoms. The van der Waals surface area contributed by atoms with Gasteiger partial charge in [0, 0.05) is 19.3 Å². The number of likely N-dealkylation sites (tertiary alicyclic amines) is 1. The van der Waals surface area contributed by atoms with Crippen LogP contribution in [0.15, 0.2) is 24.3 Å². The number of aryl methyl sites for hydroxylation is 1. The molecular formula is C17H20N4OS. The maximum Gasteiger partial charge on any atom is 0.238 e. The number of likely N-dealkylation sites (N-methyl/N-ethyl adjacent to an activating group) is 1. The summed E-state index contributed by atoms with van der Waals surface area (Å²) in [6.07, 6.45) is 1.96. The fourth-order valence-corrected chi connectivity index (χ4v) is 4.73. The monoisotopic (exact) mass is 328 g/mol. The maximum absolute atomic E-state index is 13.0. The molecule has 120 valence electrons. The van der Waals surface area contributed by atoms with Gasteiger partial charge >= 0.3 is 0 Å². The normalized spacial score (nSPS) is 24.4. The first-order valence-corrected chi connectivity index (χ1v) is 8.81. The van der Waals surface area contributed by atoms with Crippen molar-refractivity contribution in [1.29, 1.82) is 0 Å². The van der Waals surface area contributed by atoms with Gasteiger partial charge in [0.25, 0.3) is 0 Å². The molecule has 2 aromatic rings. The fourth-order valence-electron chi connectivity index (χ4n) is 3.98. The van der Waals surface area contributed by atoms with Crippen molar-refractivity contribution in [2.24, 2.45) is 0 Å². The van der Waals surface area contributed by atoms with Crippen molar-refractivity contribution < 1.29 is 4.79 Å². The summed E-state index contributed by atoms with van der Waals surface area (Å²) in [6, 6.07) is 8.22. The van der Waals surface area contributed by atoms with Gasteiger partial charge in [-0.1, -0.05) is 18.2 Å². The number of anilines is 1. The van der Waals surface area contributed by atoms with Gasteiger partial charge in [-0.3, -0.25) is 9.69 Å². The molecule has 1 fully saturated rings. The first kappa shape index (κ1) is 14.8. The summed E-state index contributed by atoms with van der Waals surface area (Å²) < 4.78 is 0. The lowest BCUT2D eigenvalue weighted by Crippen LogP contribution is -2.51. The smallest absolute Gasteiger partial charge is 0.238 e. The van der Waals surface area contributed by atoms with E-state index in [1.165, 1.54) is 5.56 Å². The molecule has 0 radical (unpaired) electrons. The predicted molar refractivity (Wildman–Crippen MR) is 90.7 cm³/mol. The molecule has 1 saturated heterocycles. The second kappa shape index (κ2) is 5.39. The summed E-state index contributed by atoms with van der Waals surface area (Å²) in [6.45, 7) is 4.54. The Morgan fingerprint density at radius 2 is 2.13 bits per heavy atom. The highest BCUT2D eigenvalue weighted by Crippen LogP contribution is 2.46. The molecule has 1 amide bonds. The van der Waals surface area contributed by atoms with E-state index in [4.69, 9.17) is 0 Å². The van der Waals surface area contributed by atoms with Crippen molar-refractivity contribution in [3.63, 3.8) is 0 Å². The number of nitrogens with zero attached hydrogens (tertiary/aromatic N) is 4. The van der Waals surface area contributed by atoms with Gasteiger partial charge in [0.1, 0.15) is 10.0 Å². The summed E-state index contributed by atoms with van der Waals surface area (Å²) in [5.74, 6) is 0.233. The van der Waals surface area contributed by atoms with E-state index in [2.05, 4.69) is 27.2 Å². The van der Waals surface area contributed by atoms with E-state index in [9.17, 15) is 4.79 Å². The molecule has 0 N–H and O–H groups in total. The molecule has 0 bridgehead atoms. The van der Waals surface area contributed by atoms with E-state index in [0.29, 0.717) is 0 Å². The van der Waals surface area contributed by atoms with Gasteiger partial charge < -0.3 is 4.90 Å². The lowest BCUT2D eigenvalue weighted by molar-refractivity contribution is -0.125. The number of fused-ring (bicyclic) bond motifs is 2. The molecule has 0 saturated carbocycles. The number of amides is 1. The first-order chi connectivity index (χ1) is 11.1. The van der Waals surface area contributed by atoms with Crippen LogP contribution >= 0.6 is 11.3 Å². The zero-order valence-corrected chi connectivity index (χ0v) is 14.3. The summed E-state index contributed by atoms with van der Waals surface area (Å²) >= 11 is 1.64. The number of carbonyl (C=O) groups excluding carboxylic acids is 1. The molecule has 3 heterocycles. The van der Waals surface area contributed by atoms with Crippen molar-refractivity contribution >= 4 is 22.9 Å². The van der Waals surface area contributed by atoms with Crippen LogP contribution in [-0.2, 0) is 16.8 Å². The average molecular weight is 328 g/mol. The Kier molecular flexibility index (Phi) is 3.46. The SMILES string of the molecule is Cc1nnc(CN2CCC[C@]3(C2)C(=O)N(C)c2ccccc23)s1. The molecule has 1 spiro atoms. The van der Waals surface area contributed by atoms with Crippen molar-refractivity contribution in [2.45, 2.75) is 31.7 Å². The van der Waals surface area contributed by atoms with Crippen molar-refractivity contribution in [2.75, 3.05) is 25.0 Å². The van der Waals surface area contributed by atoms with Gasteiger partial charge in [0.2, 0.25) is 5.91 Å². The van der Waals surface area contributed by atoms with Crippen LogP contribution in [0, 0.1) is 6.92 Å². The molecule has 2 aliphatic heterocycles. The van der Waals surface area contributed by atoms with Crippen LogP contribution in [0.2, 0.25) is 0 Å². The summed E-state index contributed by atoms with van der Waals surface area (Å²) in [5, 5.41) is 10.4. The first-order valence-electron chi connectivity index (χ1n) is 7.99. The van der Waals surface area contributed by atoms with E-state index >= 15 is 0 Å². The number of para-hydroxylation sites is 1. The fraction of sp³-hybridized carbons (Fsp3) is 0.471. The largest absolute Gasteiger partial charge is 0.314 e. The molecule has 1 atom stereocenters. The third-order valence-corrected chi connectivity index (χ3v) is 5.82. The summed E-state index contributed by atoms with van der Waals surface area (Å²) in [7, 11) is 1.89. The molecule has 1 aromatic carbocycles. The Bertz CT molecular complexity index is 759. The molecule has 4 rings (SSSR count). The lowest BCUT2D eigenvalue weighted by Gasteiger charge is -2.39. The second-order valence-electron chi connectivity index (χ2n) is 6.49. The van der Waals surface area contributed by atoms with Crippen LogP contribution in [0.4, 0.5) is 5.69 Å². The number of aromatic nitrogens is 2. The molecule has 2 aliphatic rings. The number of piperidine rings is 1. The Balaban J connectivity index is 1.65. The summed E-state index contributed by atoms with van der Waals surface area (Å²) in [5.41, 5.74) is 1.86. The minimum absolute atomic E-state index is 0.233. The van der Waals surface area contributed by atoms with E-state index in [1.807, 2.05) is 31.0 Å². The van der Waals surface area contributed by atoms with Crippen molar-refractivity contribution in [3.8, 4) is 0 Å². The van der Waals surface area contributed by atoms with Gasteiger partial charge in [-0.05, 0) is 37.9 Å². The highest BCUT2D eigenvalue weighted by molar-refractivity contribution is 7.11. The van der Waals surface area contributed by atoms with Crippen LogP contribution in [0.1, 0.15) is 28.4 Å². The Hall–Kier alpha value is -1.79. The topological polar surface area (TPSA) is 49.3 Å². The van der Waals surface area contributed by atoms with Crippen LogP contribution in [0.5, 0.6) is 0 Å². The highest BCUT2D eigenvalue weighted by Gasteiger charge is 2.51. The van der Waals surface area contributed by atoms with Crippen LogP contribution < -0.4 is 4.90 Å². The minimum atomic E-state index is -0.386. The third kappa shape index (κ3) is 2.28. The quantitative estimate of drug-likeness (QED) is 0.849. The number of benzene rings is 1. The number of rotatable bonds is 2. The molecule has 1 aromatic heterocycles. The molecule has 6 heteroatoms. The Morgan fingerprint density at radius 1 is 1.30 bits per heavy atom. The van der Waals surface area contributed by atoms with Crippen molar-refractivity contribution in [1.82, 2.24) is 15.1 Å². The van der Waals surface area contributed by atoms with E-state index < -0.39 is 0 Å². The predicted octanol–water partition coefficient (Wildman–Crippen LogP) is 2.36. The van der Waals surface area contributed by atoms with Crippen LogP contribution in [-0.4, -0.2) is 41.1 Å². The van der Waals surface area contributed by atoms with Gasteiger partial charge in [-0.25, -0.2) is 0 Å². The molecule has 0 aliphatic carbocycles. The van der Waals surface area contributed by atoms with Crippen molar-refractivity contribution in [3.05, 3.63) is 39.8 Å². The average Bonchev–Trinajstić information content (AvgIpc) is 3.05. The Labute approximate surface area is 139 Å². The minimum Gasteiger partial charge on any atom is -0.314 e. The standard InChI is InChI=1S/C17H20N4OS/c1-12-18-19-15(23-12)10-21-9-5-8-17(11-21)13-6-3-4-7-14(13)20(2)16(17)22/h3-4,6-7H,5,8-11H2,1-2H3/t17-/m1/s1. The Morgan fingerprint density at radius 3 is 2.91 bits per heavy atom. The van der Waals surface area contributed by atoms with E-state index in [-0.39, 0.29) is 11.3 Å². The number of carbonyl (C=O) groups is 1. The lowest BCUT2D eigenvalue weighted by atomic mass is 9.75. The van der Waals surface area contributed by atoms with Gasteiger partial charge in [0.15, 0.2) is 0 Å². The zero-order chi connectivity index (χ0) is 16.0.